The van der Waals surface area contributed by atoms with E-state index in [0.29, 0.717) is 59.2 Å². The van der Waals surface area contributed by atoms with Crippen LogP contribution in [-0.4, -0.2) is 81.5 Å². The highest BCUT2D eigenvalue weighted by molar-refractivity contribution is 6.36. The van der Waals surface area contributed by atoms with Gasteiger partial charge in [0.1, 0.15) is 18.2 Å². The summed E-state index contributed by atoms with van der Waals surface area (Å²) in [5, 5.41) is 33.3. The maximum Gasteiger partial charge on any atom is 0.407 e. The number of hydrogen-bond acceptors (Lipinski definition) is 11. The minimum atomic E-state index is -0.373. The molecule has 3 aromatic rings. The van der Waals surface area contributed by atoms with Crippen LogP contribution >= 0.6 is 11.6 Å². The van der Waals surface area contributed by atoms with Crippen LogP contribution in [0.25, 0.3) is 5.65 Å². The average Bonchev–Trinajstić information content (AvgIpc) is 3.49. The largest absolute Gasteiger partial charge is 0.447 e. The number of carbonyl (C=O) groups excluding carboxylic acids is 1. The van der Waals surface area contributed by atoms with Gasteiger partial charge in [0, 0.05) is 38.3 Å². The van der Waals surface area contributed by atoms with E-state index in [4.69, 9.17) is 16.3 Å². The van der Waals surface area contributed by atoms with Crippen molar-refractivity contribution in [3.63, 3.8) is 0 Å². The molecule has 3 N–H and O–H groups in total. The number of carbonyl (C=O) groups is 1. The third-order valence-electron chi connectivity index (χ3n) is 7.07. The second kappa shape index (κ2) is 10.1. The van der Waals surface area contributed by atoms with E-state index >= 15 is 0 Å². The summed E-state index contributed by atoms with van der Waals surface area (Å²) in [6.07, 6.45) is 3.16. The van der Waals surface area contributed by atoms with Gasteiger partial charge >= 0.3 is 6.09 Å². The highest BCUT2D eigenvalue weighted by Crippen LogP contribution is 2.37. The summed E-state index contributed by atoms with van der Waals surface area (Å²) in [5.41, 5.74) is 2.37. The quantitative estimate of drug-likeness (QED) is 0.398. The molecule has 3 aliphatic rings. The van der Waals surface area contributed by atoms with Gasteiger partial charge in [-0.25, -0.2) is 4.79 Å². The number of halogens is 1. The summed E-state index contributed by atoms with van der Waals surface area (Å²) in [6.45, 7) is 5.40. The van der Waals surface area contributed by atoms with Gasteiger partial charge in [0.15, 0.2) is 5.65 Å². The number of anilines is 4. The molecule has 1 saturated carbocycles. The molecular formula is C25H26ClN11O2. The number of piperazine rings is 1. The summed E-state index contributed by atoms with van der Waals surface area (Å²) in [4.78, 5) is 25.0. The molecule has 2 atom stereocenters. The van der Waals surface area contributed by atoms with E-state index in [2.05, 4.69) is 59.9 Å². The summed E-state index contributed by atoms with van der Waals surface area (Å²) >= 11 is 6.93. The van der Waals surface area contributed by atoms with Crippen molar-refractivity contribution in [1.29, 1.82) is 10.5 Å². The number of nitrogens with zero attached hydrogens (tertiary/aromatic N) is 8. The Kier molecular flexibility index (Phi) is 6.46. The highest BCUT2D eigenvalue weighted by Gasteiger charge is 2.31. The molecule has 3 fully saturated rings. The van der Waals surface area contributed by atoms with Crippen LogP contribution in [0.2, 0.25) is 5.02 Å². The van der Waals surface area contributed by atoms with Crippen molar-refractivity contribution in [1.82, 2.24) is 29.8 Å². The van der Waals surface area contributed by atoms with Gasteiger partial charge in [-0.05, 0) is 31.9 Å². The van der Waals surface area contributed by atoms with Crippen LogP contribution in [0.4, 0.5) is 28.1 Å². The van der Waals surface area contributed by atoms with E-state index in [0.717, 1.165) is 31.6 Å². The molecule has 0 spiro atoms. The molecule has 39 heavy (non-hydrogen) atoms. The van der Waals surface area contributed by atoms with Crippen LogP contribution in [0.3, 0.4) is 0 Å². The molecule has 1 aliphatic carbocycles. The fourth-order valence-electron chi connectivity index (χ4n) is 5.00. The third-order valence-corrected chi connectivity index (χ3v) is 7.46. The van der Waals surface area contributed by atoms with Crippen molar-refractivity contribution in [2.45, 2.75) is 37.9 Å². The molecule has 1 unspecified atom stereocenters. The van der Waals surface area contributed by atoms with Crippen LogP contribution in [0.15, 0.2) is 18.3 Å². The Hall–Kier alpha value is -4.33. The summed E-state index contributed by atoms with van der Waals surface area (Å²) in [6, 6.07) is 8.18. The lowest BCUT2D eigenvalue weighted by atomic mass is 10.1. The third kappa shape index (κ3) is 5.06. The van der Waals surface area contributed by atoms with Crippen molar-refractivity contribution in [3.8, 4) is 12.1 Å². The zero-order chi connectivity index (χ0) is 27.1. The molecule has 6 rings (SSSR count). The molecule has 0 radical (unpaired) electrons. The van der Waals surface area contributed by atoms with Crippen molar-refractivity contribution < 1.29 is 9.53 Å². The van der Waals surface area contributed by atoms with Gasteiger partial charge in [0.05, 0.1) is 40.3 Å². The number of ether oxygens (including phenoxy) is 1. The zero-order valence-corrected chi connectivity index (χ0v) is 21.9. The molecule has 2 aromatic heterocycles. The van der Waals surface area contributed by atoms with Gasteiger partial charge < -0.3 is 25.6 Å². The lowest BCUT2D eigenvalue weighted by molar-refractivity contribution is 0.171. The first kappa shape index (κ1) is 25.0. The van der Waals surface area contributed by atoms with Crippen LogP contribution in [-0.2, 0) is 4.74 Å². The number of fused-ring (bicyclic) bond motifs is 1. The van der Waals surface area contributed by atoms with Crippen LogP contribution in [0, 0.1) is 22.7 Å². The van der Waals surface area contributed by atoms with Crippen molar-refractivity contribution in [3.05, 3.63) is 34.5 Å². The topological polar surface area (TPSA) is 160 Å². The fourth-order valence-corrected chi connectivity index (χ4v) is 5.27. The first-order valence-electron chi connectivity index (χ1n) is 12.8. The Morgan fingerprint density at radius 1 is 1.23 bits per heavy atom. The van der Waals surface area contributed by atoms with Gasteiger partial charge in [-0.15, -0.1) is 0 Å². The number of benzene rings is 1. The van der Waals surface area contributed by atoms with E-state index in [1.165, 1.54) is 10.7 Å². The van der Waals surface area contributed by atoms with Crippen molar-refractivity contribution >= 4 is 46.6 Å². The Morgan fingerprint density at radius 3 is 2.77 bits per heavy atom. The molecule has 200 valence electrons. The molecule has 2 saturated heterocycles. The Bertz CT molecular complexity index is 1520. The van der Waals surface area contributed by atoms with Crippen LogP contribution in [0.1, 0.15) is 30.9 Å². The molecule has 0 bridgehead atoms. The smallest absolute Gasteiger partial charge is 0.407 e. The second-order valence-electron chi connectivity index (χ2n) is 10.0. The number of rotatable bonds is 7. The lowest BCUT2D eigenvalue weighted by Gasteiger charge is -2.42. The molecular weight excluding hydrogens is 522 g/mol. The lowest BCUT2D eigenvalue weighted by Crippen LogP contribution is -2.54. The van der Waals surface area contributed by atoms with E-state index in [1.807, 2.05) is 0 Å². The molecule has 1 aromatic carbocycles. The van der Waals surface area contributed by atoms with Gasteiger partial charge in [0.2, 0.25) is 11.9 Å². The SMILES string of the molecule is C[C@H]1CN(CC2COC(=O)N2)CCN1c1cc(C#N)cc(Nc2nc(NC3CC3)n3ncc(C#N)c3n2)c1Cl. The maximum absolute atomic E-state index is 11.4. The normalized spacial score (nSPS) is 21.2. The van der Waals surface area contributed by atoms with Gasteiger partial charge in [-0.3, -0.25) is 4.90 Å². The Labute approximate surface area is 229 Å². The molecule has 2 aliphatic heterocycles. The first-order chi connectivity index (χ1) is 18.9. The Morgan fingerprint density at radius 2 is 2.08 bits per heavy atom. The summed E-state index contributed by atoms with van der Waals surface area (Å²) in [5.74, 6) is 0.720. The van der Waals surface area contributed by atoms with Gasteiger partial charge in [-0.1, -0.05) is 11.6 Å². The summed E-state index contributed by atoms with van der Waals surface area (Å²) < 4.78 is 6.53. The minimum Gasteiger partial charge on any atom is -0.447 e. The average molecular weight is 548 g/mol. The highest BCUT2D eigenvalue weighted by atomic mass is 35.5. The maximum atomic E-state index is 11.4. The molecule has 13 nitrogen and oxygen atoms in total. The zero-order valence-electron chi connectivity index (χ0n) is 21.2. The second-order valence-corrected chi connectivity index (χ2v) is 10.4. The van der Waals surface area contributed by atoms with Crippen LogP contribution < -0.4 is 20.9 Å². The van der Waals surface area contributed by atoms with E-state index in [1.54, 1.807) is 12.1 Å². The van der Waals surface area contributed by atoms with Crippen LogP contribution in [0.5, 0.6) is 0 Å². The predicted molar refractivity (Wildman–Crippen MR) is 143 cm³/mol. The fraction of sp³-hybridized carbons (Fsp3) is 0.440. The number of amides is 1. The first-order valence-corrected chi connectivity index (χ1v) is 13.1. The molecule has 1 amide bonds. The number of nitriles is 2. The predicted octanol–water partition coefficient (Wildman–Crippen LogP) is 2.46. The molecule has 4 heterocycles. The number of cyclic esters (lactones) is 1. The number of nitrogens with one attached hydrogen (secondary N) is 3. The van der Waals surface area contributed by atoms with Crippen molar-refractivity contribution in [2.24, 2.45) is 0 Å². The number of alkyl carbamates (subject to hydrolysis) is 1. The van der Waals surface area contributed by atoms with E-state index in [-0.39, 0.29) is 24.1 Å². The summed E-state index contributed by atoms with van der Waals surface area (Å²) in [7, 11) is 0. The number of aromatic nitrogens is 4. The van der Waals surface area contributed by atoms with Gasteiger partial charge in [0.25, 0.3) is 0 Å². The number of hydrogen-bond donors (Lipinski definition) is 3. The molecule has 14 heteroatoms. The standard InChI is InChI=1S/C25H26ClN11O2/c1-14-11-35(12-18-13-39-25(38)31-18)4-5-36(14)20-7-15(8-27)6-19(21(20)26)32-23-33-22-16(9-28)10-29-37(22)24(34-23)30-17-2-3-17/h6-7,10,14,17-18H,2-5,11-13H2,1H3,(H,31,38)(H2,30,32,33,34)/t14-,18?/m0/s1. The minimum absolute atomic E-state index is 0.0217. The van der Waals surface area contributed by atoms with Gasteiger partial charge in [-0.2, -0.15) is 30.1 Å². The monoisotopic (exact) mass is 547 g/mol. The van der Waals surface area contributed by atoms with E-state index in [9.17, 15) is 15.3 Å². The Balaban J connectivity index is 1.27. The van der Waals surface area contributed by atoms with E-state index < -0.39 is 0 Å². The van der Waals surface area contributed by atoms with Crippen molar-refractivity contribution in [2.75, 3.05) is 48.3 Å².